The number of unbranched alkanes of at least 4 members (excludes halogenated alkanes) is 1. The molecule has 1 unspecified atom stereocenters. The van der Waals surface area contributed by atoms with Gasteiger partial charge >= 0.3 is 0 Å². The summed E-state index contributed by atoms with van der Waals surface area (Å²) in [7, 11) is 2.03. The molecule has 0 saturated heterocycles. The third-order valence-corrected chi connectivity index (χ3v) is 3.66. The summed E-state index contributed by atoms with van der Waals surface area (Å²) >= 11 is 0. The van der Waals surface area contributed by atoms with Crippen LogP contribution in [0.25, 0.3) is 0 Å². The molecule has 0 aliphatic carbocycles. The lowest BCUT2D eigenvalue weighted by atomic mass is 10.0. The first kappa shape index (κ1) is 17.0. The van der Waals surface area contributed by atoms with Gasteiger partial charge in [0.05, 0.1) is 6.61 Å². The molecule has 0 aliphatic heterocycles. The van der Waals surface area contributed by atoms with E-state index in [-0.39, 0.29) is 0 Å². The summed E-state index contributed by atoms with van der Waals surface area (Å²) in [5, 5.41) is 3.44. The van der Waals surface area contributed by atoms with E-state index < -0.39 is 0 Å². The second-order valence-electron chi connectivity index (χ2n) is 5.06. The number of benzene rings is 1. The zero-order valence-corrected chi connectivity index (χ0v) is 13.5. The van der Waals surface area contributed by atoms with Gasteiger partial charge in [-0.3, -0.25) is 0 Å². The number of hydrogen-bond acceptors (Lipinski definition) is 3. The Labute approximate surface area is 124 Å². The zero-order chi connectivity index (χ0) is 14.8. The molecule has 0 radical (unpaired) electrons. The van der Waals surface area contributed by atoms with E-state index in [1.807, 2.05) is 20.0 Å². The fraction of sp³-hybridized carbons (Fsp3) is 0.647. The van der Waals surface area contributed by atoms with Crippen LogP contribution in [0.5, 0.6) is 5.75 Å². The molecule has 0 amide bonds. The number of hydrogen-bond donors (Lipinski definition) is 1. The average Bonchev–Trinajstić information content (AvgIpc) is 2.49. The Bertz CT molecular complexity index is 368. The Kier molecular flexibility index (Phi) is 8.31. The molecule has 0 fully saturated rings. The average molecular weight is 278 g/mol. The summed E-state index contributed by atoms with van der Waals surface area (Å²) in [5.74, 6) is 1.00. The lowest BCUT2D eigenvalue weighted by molar-refractivity contribution is 0.250. The normalized spacial score (nSPS) is 12.7. The topological polar surface area (TPSA) is 24.5 Å². The van der Waals surface area contributed by atoms with Gasteiger partial charge in [0.1, 0.15) is 5.75 Å². The fourth-order valence-corrected chi connectivity index (χ4v) is 2.42. The summed E-state index contributed by atoms with van der Waals surface area (Å²) in [5.41, 5.74) is 1.26. The summed E-state index contributed by atoms with van der Waals surface area (Å²) in [6, 6.07) is 8.67. The summed E-state index contributed by atoms with van der Waals surface area (Å²) in [4.78, 5) is 2.51. The van der Waals surface area contributed by atoms with E-state index in [1.54, 1.807) is 0 Å². The highest BCUT2D eigenvalue weighted by Crippen LogP contribution is 2.25. The molecule has 20 heavy (non-hydrogen) atoms. The van der Waals surface area contributed by atoms with Crippen molar-refractivity contribution in [2.75, 3.05) is 33.3 Å². The molecule has 0 aromatic heterocycles. The molecular weight excluding hydrogens is 248 g/mol. The predicted octanol–water partition coefficient (Wildman–Crippen LogP) is 3.47. The number of para-hydroxylation sites is 1. The minimum absolute atomic E-state index is 0.314. The molecule has 114 valence electrons. The highest BCUT2D eigenvalue weighted by molar-refractivity contribution is 5.36. The van der Waals surface area contributed by atoms with E-state index in [2.05, 4.69) is 42.3 Å². The van der Waals surface area contributed by atoms with Crippen molar-refractivity contribution >= 4 is 0 Å². The van der Waals surface area contributed by atoms with Crippen molar-refractivity contribution in [1.82, 2.24) is 10.2 Å². The van der Waals surface area contributed by atoms with Gasteiger partial charge in [-0.15, -0.1) is 0 Å². The Morgan fingerprint density at radius 2 is 1.95 bits per heavy atom. The second kappa shape index (κ2) is 9.78. The van der Waals surface area contributed by atoms with Gasteiger partial charge in [0.2, 0.25) is 0 Å². The minimum atomic E-state index is 0.314. The van der Waals surface area contributed by atoms with Crippen LogP contribution in [-0.2, 0) is 0 Å². The highest BCUT2D eigenvalue weighted by Gasteiger charge is 2.17. The van der Waals surface area contributed by atoms with Crippen molar-refractivity contribution in [3.05, 3.63) is 29.8 Å². The molecule has 1 aromatic carbocycles. The van der Waals surface area contributed by atoms with E-state index in [0.29, 0.717) is 12.6 Å². The van der Waals surface area contributed by atoms with Gasteiger partial charge in [0, 0.05) is 18.2 Å². The van der Waals surface area contributed by atoms with Gasteiger partial charge in [-0.2, -0.15) is 0 Å². The van der Waals surface area contributed by atoms with Crippen LogP contribution < -0.4 is 10.1 Å². The quantitative estimate of drug-likeness (QED) is 0.709. The van der Waals surface area contributed by atoms with Crippen molar-refractivity contribution in [3.63, 3.8) is 0 Å². The molecule has 0 saturated carbocycles. The number of ether oxygens (including phenoxy) is 1. The van der Waals surface area contributed by atoms with Crippen LogP contribution in [-0.4, -0.2) is 38.2 Å². The standard InChI is InChI=1S/C17H30N2O/c1-5-8-13-19(6-2)14-16(18-4)15-11-9-10-12-17(15)20-7-3/h9-12,16,18H,5-8,13-14H2,1-4H3. The maximum atomic E-state index is 5.76. The summed E-state index contributed by atoms with van der Waals surface area (Å²) in [6.45, 7) is 10.5. The summed E-state index contributed by atoms with van der Waals surface area (Å²) < 4.78 is 5.76. The van der Waals surface area contributed by atoms with E-state index in [0.717, 1.165) is 18.8 Å². The molecule has 3 nitrogen and oxygen atoms in total. The molecule has 0 aliphatic rings. The fourth-order valence-electron chi connectivity index (χ4n) is 2.42. The number of rotatable bonds is 10. The largest absolute Gasteiger partial charge is 0.494 e. The zero-order valence-electron chi connectivity index (χ0n) is 13.5. The van der Waals surface area contributed by atoms with Crippen molar-refractivity contribution < 1.29 is 4.74 Å². The molecule has 1 rings (SSSR count). The number of likely N-dealkylation sites (N-methyl/N-ethyl adjacent to an activating group) is 2. The smallest absolute Gasteiger partial charge is 0.124 e. The third kappa shape index (κ3) is 5.14. The Hall–Kier alpha value is -1.06. The molecule has 0 bridgehead atoms. The SMILES string of the molecule is CCCCN(CC)CC(NC)c1ccccc1OCC. The number of nitrogens with one attached hydrogen (secondary N) is 1. The van der Waals surface area contributed by atoms with Crippen molar-refractivity contribution in [3.8, 4) is 5.75 Å². The molecular formula is C17H30N2O. The van der Waals surface area contributed by atoms with Gasteiger partial charge in [0.15, 0.2) is 0 Å². The van der Waals surface area contributed by atoms with Crippen LogP contribution in [0.3, 0.4) is 0 Å². The van der Waals surface area contributed by atoms with Gasteiger partial charge < -0.3 is 15.0 Å². The Morgan fingerprint density at radius 1 is 1.20 bits per heavy atom. The van der Waals surface area contributed by atoms with Crippen molar-refractivity contribution in [2.45, 2.75) is 39.7 Å². The first-order valence-electron chi connectivity index (χ1n) is 7.88. The van der Waals surface area contributed by atoms with Crippen LogP contribution in [0.1, 0.15) is 45.2 Å². The molecule has 0 heterocycles. The Balaban J connectivity index is 2.78. The van der Waals surface area contributed by atoms with Crippen LogP contribution in [0, 0.1) is 0 Å². The molecule has 0 spiro atoms. The second-order valence-corrected chi connectivity index (χ2v) is 5.06. The van der Waals surface area contributed by atoms with E-state index in [1.165, 1.54) is 24.9 Å². The Morgan fingerprint density at radius 3 is 2.55 bits per heavy atom. The summed E-state index contributed by atoms with van der Waals surface area (Å²) in [6.07, 6.45) is 2.51. The van der Waals surface area contributed by atoms with Gasteiger partial charge in [-0.1, -0.05) is 38.5 Å². The lowest BCUT2D eigenvalue weighted by Gasteiger charge is -2.27. The molecule has 3 heteroatoms. The van der Waals surface area contributed by atoms with Gasteiger partial charge in [0.25, 0.3) is 0 Å². The van der Waals surface area contributed by atoms with Gasteiger partial charge in [-0.05, 0) is 39.5 Å². The molecule has 1 aromatic rings. The van der Waals surface area contributed by atoms with E-state index >= 15 is 0 Å². The lowest BCUT2D eigenvalue weighted by Crippen LogP contribution is -2.34. The third-order valence-electron chi connectivity index (χ3n) is 3.66. The maximum absolute atomic E-state index is 5.76. The van der Waals surface area contributed by atoms with E-state index in [4.69, 9.17) is 4.74 Å². The maximum Gasteiger partial charge on any atom is 0.124 e. The number of nitrogens with zero attached hydrogens (tertiary/aromatic N) is 1. The molecule has 1 atom stereocenters. The molecule has 1 N–H and O–H groups in total. The van der Waals surface area contributed by atoms with Crippen LogP contribution in [0.2, 0.25) is 0 Å². The van der Waals surface area contributed by atoms with Gasteiger partial charge in [-0.25, -0.2) is 0 Å². The van der Waals surface area contributed by atoms with Crippen LogP contribution in [0.15, 0.2) is 24.3 Å². The van der Waals surface area contributed by atoms with Crippen molar-refractivity contribution in [1.29, 1.82) is 0 Å². The minimum Gasteiger partial charge on any atom is -0.494 e. The first-order valence-corrected chi connectivity index (χ1v) is 7.88. The monoisotopic (exact) mass is 278 g/mol. The highest BCUT2D eigenvalue weighted by atomic mass is 16.5. The predicted molar refractivity (Wildman–Crippen MR) is 86.4 cm³/mol. The van der Waals surface area contributed by atoms with Crippen LogP contribution in [0.4, 0.5) is 0 Å². The van der Waals surface area contributed by atoms with Crippen LogP contribution >= 0.6 is 0 Å². The first-order chi connectivity index (χ1) is 9.76. The van der Waals surface area contributed by atoms with Crippen molar-refractivity contribution in [2.24, 2.45) is 0 Å². The van der Waals surface area contributed by atoms with E-state index in [9.17, 15) is 0 Å².